The Morgan fingerprint density at radius 2 is 2.14 bits per heavy atom. The van der Waals surface area contributed by atoms with Crippen molar-refractivity contribution in [1.29, 1.82) is 0 Å². The Balaban J connectivity index is 2.03. The van der Waals surface area contributed by atoms with E-state index in [4.69, 9.17) is 0 Å². The molecule has 3 nitrogen and oxygen atoms in total. The van der Waals surface area contributed by atoms with Crippen LogP contribution >= 0.6 is 0 Å². The number of hydrogen-bond acceptors (Lipinski definition) is 3. The lowest BCUT2D eigenvalue weighted by molar-refractivity contribution is -0.132. The van der Waals surface area contributed by atoms with E-state index < -0.39 is 6.61 Å². The van der Waals surface area contributed by atoms with Crippen molar-refractivity contribution in [1.82, 2.24) is 5.32 Å². The Morgan fingerprint density at radius 1 is 1.36 bits per heavy atom. The first-order valence-electron chi connectivity index (χ1n) is 7.99. The van der Waals surface area contributed by atoms with Gasteiger partial charge in [0.15, 0.2) is 0 Å². The van der Waals surface area contributed by atoms with E-state index in [0.717, 1.165) is 13.0 Å². The van der Waals surface area contributed by atoms with Crippen LogP contribution in [0.2, 0.25) is 5.82 Å². The van der Waals surface area contributed by atoms with Crippen LogP contribution < -0.4 is 15.7 Å². The van der Waals surface area contributed by atoms with Crippen molar-refractivity contribution in [3.63, 3.8) is 0 Å². The van der Waals surface area contributed by atoms with Gasteiger partial charge in [-0.1, -0.05) is 23.4 Å². The van der Waals surface area contributed by atoms with Gasteiger partial charge in [0.1, 0.15) is 23.5 Å². The van der Waals surface area contributed by atoms with Crippen molar-refractivity contribution in [3.8, 4) is 0 Å². The quantitative estimate of drug-likeness (QED) is 0.681. The molecule has 3 unspecified atom stereocenters. The second kappa shape index (κ2) is 6.24. The molecule has 0 saturated heterocycles. The maximum Gasteiger partial charge on any atom is 0.345 e. The number of nitrogens with zero attached hydrogens (tertiary/aromatic N) is 1. The molecule has 0 radical (unpaired) electrons. The van der Waals surface area contributed by atoms with E-state index >= 15 is 0 Å². The molecule has 0 aromatic heterocycles. The Bertz CT molecular complexity index is 561. The first-order chi connectivity index (χ1) is 10.5. The molecule has 116 valence electrons. The molecule has 0 saturated carbocycles. The molecule has 3 atom stereocenters. The lowest BCUT2D eigenvalue weighted by atomic mass is 9.64. The van der Waals surface area contributed by atoms with Crippen LogP contribution in [-0.4, -0.2) is 55.3 Å². The zero-order chi connectivity index (χ0) is 15.9. The summed E-state index contributed by atoms with van der Waals surface area (Å²) in [5, 5.41) is 3.41. The highest BCUT2D eigenvalue weighted by atomic mass is 19.3. The molecule has 0 amide bonds. The van der Waals surface area contributed by atoms with Crippen LogP contribution in [0.3, 0.4) is 0 Å². The molecule has 0 bridgehead atoms. The van der Waals surface area contributed by atoms with Gasteiger partial charge in [0.25, 0.3) is 0 Å². The van der Waals surface area contributed by atoms with E-state index in [1.54, 1.807) is 0 Å². The predicted octanol–water partition coefficient (Wildman–Crippen LogP) is -1.60. The molecule has 0 aliphatic carbocycles. The smallest absolute Gasteiger partial charge is 0.345 e. The van der Waals surface area contributed by atoms with Crippen molar-refractivity contribution < 1.29 is 13.5 Å². The van der Waals surface area contributed by atoms with Gasteiger partial charge in [-0.3, -0.25) is 0 Å². The zero-order valence-electron chi connectivity index (χ0n) is 13.4. The summed E-state index contributed by atoms with van der Waals surface area (Å²) < 4.78 is 29.6. The monoisotopic (exact) mass is 304 g/mol. The fourth-order valence-electron chi connectivity index (χ4n) is 3.79. The lowest BCUT2D eigenvalue weighted by Crippen LogP contribution is -2.53. The summed E-state index contributed by atoms with van der Waals surface area (Å²) in [6.45, 7) is -1.21. The maximum atomic E-state index is 12.5. The number of anilines is 1. The van der Waals surface area contributed by atoms with Crippen molar-refractivity contribution in [3.05, 3.63) is 23.3 Å². The van der Waals surface area contributed by atoms with E-state index in [2.05, 4.69) is 50.6 Å². The van der Waals surface area contributed by atoms with Crippen LogP contribution in [0.15, 0.2) is 12.1 Å². The fraction of sp³-hybridized carbons (Fsp3) is 0.571. The van der Waals surface area contributed by atoms with Gasteiger partial charge >= 0.3 is 6.61 Å². The number of halogens is 2. The fourth-order valence-corrected chi connectivity index (χ4v) is 3.79. The molecule has 0 fully saturated rings. The molecule has 22 heavy (non-hydrogen) atoms. The van der Waals surface area contributed by atoms with Crippen molar-refractivity contribution in [2.75, 3.05) is 18.1 Å². The van der Waals surface area contributed by atoms with E-state index in [9.17, 15) is 8.78 Å². The second-order valence-electron chi connectivity index (χ2n) is 6.58. The molecule has 1 aromatic carbocycles. The van der Waals surface area contributed by atoms with Crippen LogP contribution in [0.25, 0.3) is 0 Å². The van der Waals surface area contributed by atoms with Gasteiger partial charge in [0, 0.05) is 18.8 Å². The Labute approximate surface area is 133 Å². The molecule has 2 heterocycles. The highest BCUT2D eigenvalue weighted by Crippen LogP contribution is 2.38. The largest absolute Gasteiger partial charge is 0.370 e. The molecular weight excluding hydrogens is 283 g/mol. The third-order valence-corrected chi connectivity index (χ3v) is 5.15. The van der Waals surface area contributed by atoms with Gasteiger partial charge in [-0.15, -0.1) is 0 Å². The number of nitrogens with one attached hydrogen (secondary N) is 1. The van der Waals surface area contributed by atoms with Crippen LogP contribution in [0.1, 0.15) is 11.1 Å². The molecule has 3 rings (SSSR count). The van der Waals surface area contributed by atoms with Crippen LogP contribution in [-0.2, 0) is 17.7 Å². The summed E-state index contributed by atoms with van der Waals surface area (Å²) in [6.07, 6.45) is 1.04. The number of rotatable bonds is 3. The van der Waals surface area contributed by atoms with Gasteiger partial charge in [0.05, 0.1) is 12.6 Å². The summed E-state index contributed by atoms with van der Waals surface area (Å²) in [6, 6.07) is 4.31. The second-order valence-corrected chi connectivity index (χ2v) is 6.58. The van der Waals surface area contributed by atoms with Gasteiger partial charge in [0.2, 0.25) is 0 Å². The third kappa shape index (κ3) is 2.79. The first kappa shape index (κ1) is 15.9. The topological polar surface area (TPSA) is 24.5 Å². The van der Waals surface area contributed by atoms with E-state index in [0.29, 0.717) is 18.3 Å². The van der Waals surface area contributed by atoms with Crippen molar-refractivity contribution >= 4 is 34.7 Å². The summed E-state index contributed by atoms with van der Waals surface area (Å²) in [7, 11) is 6.55. The van der Waals surface area contributed by atoms with Gasteiger partial charge in [-0.25, -0.2) is 0 Å². The summed E-state index contributed by atoms with van der Waals surface area (Å²) in [5.74, 6) is 0.814. The van der Waals surface area contributed by atoms with Gasteiger partial charge < -0.3 is 15.0 Å². The van der Waals surface area contributed by atoms with Crippen LogP contribution in [0.4, 0.5) is 14.5 Å². The lowest BCUT2D eigenvalue weighted by Gasteiger charge is -2.46. The van der Waals surface area contributed by atoms with E-state index in [1.165, 1.54) is 22.3 Å². The van der Waals surface area contributed by atoms with Gasteiger partial charge in [-0.05, 0) is 23.5 Å². The molecule has 2 aliphatic rings. The summed E-state index contributed by atoms with van der Waals surface area (Å²) in [5.41, 5.74) is 5.14. The summed E-state index contributed by atoms with van der Waals surface area (Å²) in [4.78, 5) is 2.33. The Morgan fingerprint density at radius 3 is 2.86 bits per heavy atom. The molecule has 1 aromatic rings. The summed E-state index contributed by atoms with van der Waals surface area (Å²) >= 11 is 0. The number of benzene rings is 1. The number of ether oxygens (including phenoxy) is 1. The zero-order valence-corrected chi connectivity index (χ0v) is 13.4. The van der Waals surface area contributed by atoms with Gasteiger partial charge in [-0.2, -0.15) is 8.78 Å². The van der Waals surface area contributed by atoms with Crippen molar-refractivity contribution in [2.24, 2.45) is 0 Å². The SMILES string of the molecule is Bc1ccc2c3c1CNCC(COC(F)F)N3C(B)C(B)C2. The maximum absolute atomic E-state index is 12.5. The first-order valence-corrected chi connectivity index (χ1v) is 7.99. The average molecular weight is 304 g/mol. The van der Waals surface area contributed by atoms with E-state index in [-0.39, 0.29) is 12.6 Å². The normalized spacial score (nSPS) is 27.6. The molecule has 2 aliphatic heterocycles. The highest BCUT2D eigenvalue weighted by molar-refractivity contribution is 6.34. The average Bonchev–Trinajstić information content (AvgIpc) is 2.66. The van der Waals surface area contributed by atoms with Crippen LogP contribution in [0.5, 0.6) is 0 Å². The highest BCUT2D eigenvalue weighted by Gasteiger charge is 2.36. The Hall–Kier alpha value is -1.01. The third-order valence-electron chi connectivity index (χ3n) is 5.15. The predicted molar refractivity (Wildman–Crippen MR) is 92.9 cm³/mol. The molecule has 8 heteroatoms. The number of alkyl halides is 2. The minimum Gasteiger partial charge on any atom is -0.370 e. The number of hydrogen-bond donors (Lipinski definition) is 1. The molecule has 0 spiro atoms. The van der Waals surface area contributed by atoms with E-state index in [1.807, 2.05) is 0 Å². The minimum atomic E-state index is -2.71. The van der Waals surface area contributed by atoms with Crippen LogP contribution in [0, 0.1) is 0 Å². The van der Waals surface area contributed by atoms with Crippen molar-refractivity contribution in [2.45, 2.75) is 37.4 Å². The molecule has 1 N–H and O–H groups in total. The standard InChI is InChI=1S/C14H21B3F2N2O/c15-10-2-1-7-3-11(16)13(17)21-8(6-22-14(18)19)4-20-5-9(10)12(7)21/h1-2,8,11,13-14,20H,3-6,15-17H2. The molecular formula is C14H21B3F2N2O. The minimum absolute atomic E-state index is 0.0501. The Kier molecular flexibility index (Phi) is 4.50.